The minimum atomic E-state index is -1.65. The zero-order valence-corrected chi connectivity index (χ0v) is 9.57. The van der Waals surface area contributed by atoms with Gasteiger partial charge >= 0.3 is 0 Å². The zero-order chi connectivity index (χ0) is 13.9. The summed E-state index contributed by atoms with van der Waals surface area (Å²) in [6.07, 6.45) is 0.281. The van der Waals surface area contributed by atoms with E-state index in [0.29, 0.717) is 6.42 Å². The molecule has 0 aliphatic carbocycles. The third-order valence-corrected chi connectivity index (χ3v) is 2.35. The maximum atomic E-state index is 13.2. The van der Waals surface area contributed by atoms with Crippen molar-refractivity contribution in [1.82, 2.24) is 0 Å². The van der Waals surface area contributed by atoms with Crippen LogP contribution in [-0.2, 0) is 4.79 Å². The van der Waals surface area contributed by atoms with E-state index in [1.807, 2.05) is 0 Å². The number of anilines is 1. The molecule has 0 aromatic heterocycles. The van der Waals surface area contributed by atoms with E-state index in [2.05, 4.69) is 0 Å². The molecule has 18 heavy (non-hydrogen) atoms. The van der Waals surface area contributed by atoms with Gasteiger partial charge in [0.1, 0.15) is 5.69 Å². The summed E-state index contributed by atoms with van der Waals surface area (Å²) in [6, 6.07) is -0.424. The summed E-state index contributed by atoms with van der Waals surface area (Å²) in [5.41, 5.74) is 4.33. The van der Waals surface area contributed by atoms with Crippen molar-refractivity contribution in [2.75, 3.05) is 5.32 Å². The molecule has 1 unspecified atom stereocenters. The van der Waals surface area contributed by atoms with Crippen LogP contribution < -0.4 is 11.1 Å². The average Bonchev–Trinajstić information content (AvgIpc) is 2.32. The van der Waals surface area contributed by atoms with Gasteiger partial charge in [0.2, 0.25) is 5.91 Å². The molecule has 0 saturated carbocycles. The van der Waals surface area contributed by atoms with E-state index in [1.165, 1.54) is 0 Å². The van der Waals surface area contributed by atoms with Gasteiger partial charge in [-0.25, -0.2) is 17.6 Å². The Morgan fingerprint density at radius 2 is 1.78 bits per heavy atom. The normalized spacial score (nSPS) is 12.3. The Morgan fingerprint density at radius 3 is 2.22 bits per heavy atom. The molecule has 1 atom stereocenters. The first-order valence-electron chi connectivity index (χ1n) is 5.25. The molecule has 0 bridgehead atoms. The molecule has 1 rings (SSSR count). The molecular weight excluding hydrogens is 252 g/mol. The molecule has 0 aliphatic heterocycles. The van der Waals surface area contributed by atoms with E-state index in [0.717, 1.165) is 0 Å². The van der Waals surface area contributed by atoms with Crippen LogP contribution in [-0.4, -0.2) is 11.9 Å². The fourth-order valence-electron chi connectivity index (χ4n) is 1.26. The fraction of sp³-hybridized carbons (Fsp3) is 0.364. The molecule has 1 aromatic rings. The Balaban J connectivity index is 2.94. The lowest BCUT2D eigenvalue weighted by atomic mass is 10.1. The van der Waals surface area contributed by atoms with Crippen LogP contribution in [0.25, 0.3) is 0 Å². The van der Waals surface area contributed by atoms with E-state index in [9.17, 15) is 22.4 Å². The van der Waals surface area contributed by atoms with Crippen LogP contribution in [0.1, 0.15) is 19.8 Å². The molecule has 7 heteroatoms. The summed E-state index contributed by atoms with van der Waals surface area (Å²) < 4.78 is 52.1. The second-order valence-electron chi connectivity index (χ2n) is 3.76. The second-order valence-corrected chi connectivity index (χ2v) is 3.76. The van der Waals surface area contributed by atoms with E-state index in [1.54, 1.807) is 12.2 Å². The van der Waals surface area contributed by atoms with Gasteiger partial charge in [-0.05, 0) is 6.42 Å². The molecular formula is C11H12F4N2O. The van der Waals surface area contributed by atoms with Crippen LogP contribution in [0.15, 0.2) is 6.07 Å². The number of halogens is 4. The Hall–Kier alpha value is -1.63. The highest BCUT2D eigenvalue weighted by Gasteiger charge is 2.21. The molecule has 0 heterocycles. The maximum absolute atomic E-state index is 13.2. The lowest BCUT2D eigenvalue weighted by molar-refractivity contribution is -0.116. The van der Waals surface area contributed by atoms with Crippen LogP contribution >= 0.6 is 0 Å². The zero-order valence-electron chi connectivity index (χ0n) is 9.57. The highest BCUT2D eigenvalue weighted by atomic mass is 19.2. The van der Waals surface area contributed by atoms with Crippen LogP contribution in [0.4, 0.5) is 23.2 Å². The molecule has 0 fully saturated rings. The average molecular weight is 264 g/mol. The smallest absolute Gasteiger partial charge is 0.226 e. The number of carbonyl (C=O) groups excluding carboxylic acids is 1. The maximum Gasteiger partial charge on any atom is 0.226 e. The predicted molar refractivity (Wildman–Crippen MR) is 57.8 cm³/mol. The lowest BCUT2D eigenvalue weighted by Crippen LogP contribution is -2.27. The van der Waals surface area contributed by atoms with E-state index < -0.39 is 40.9 Å². The minimum absolute atomic E-state index is 0.0676. The highest BCUT2D eigenvalue weighted by molar-refractivity contribution is 5.91. The predicted octanol–water partition coefficient (Wildman–Crippen LogP) is 2.31. The van der Waals surface area contributed by atoms with Gasteiger partial charge in [0.25, 0.3) is 0 Å². The van der Waals surface area contributed by atoms with Crippen molar-refractivity contribution in [3.05, 3.63) is 29.3 Å². The minimum Gasteiger partial charge on any atom is -0.327 e. The molecule has 3 nitrogen and oxygen atoms in total. The number of benzene rings is 1. The molecule has 3 N–H and O–H groups in total. The first kappa shape index (κ1) is 14.4. The van der Waals surface area contributed by atoms with Gasteiger partial charge in [-0.2, -0.15) is 0 Å². The van der Waals surface area contributed by atoms with E-state index in [-0.39, 0.29) is 12.5 Å². The van der Waals surface area contributed by atoms with Crippen molar-refractivity contribution in [2.24, 2.45) is 5.73 Å². The third-order valence-electron chi connectivity index (χ3n) is 2.35. The molecule has 0 radical (unpaired) electrons. The fourth-order valence-corrected chi connectivity index (χ4v) is 1.26. The molecule has 1 aromatic carbocycles. The number of hydrogen-bond acceptors (Lipinski definition) is 2. The Labute approximate surface area is 101 Å². The van der Waals surface area contributed by atoms with Crippen LogP contribution in [0.3, 0.4) is 0 Å². The largest absolute Gasteiger partial charge is 0.327 e. The van der Waals surface area contributed by atoms with Gasteiger partial charge < -0.3 is 11.1 Å². The number of nitrogens with two attached hydrogens (primary N) is 1. The number of rotatable bonds is 4. The summed E-state index contributed by atoms with van der Waals surface area (Å²) in [6.45, 7) is 1.72. The summed E-state index contributed by atoms with van der Waals surface area (Å²) in [4.78, 5) is 11.3. The number of nitrogens with one attached hydrogen (secondary N) is 1. The molecule has 0 aliphatic rings. The van der Waals surface area contributed by atoms with Gasteiger partial charge in [0.15, 0.2) is 23.3 Å². The lowest BCUT2D eigenvalue weighted by Gasteiger charge is -2.11. The topological polar surface area (TPSA) is 55.1 Å². The van der Waals surface area contributed by atoms with Crippen molar-refractivity contribution in [3.8, 4) is 0 Å². The number of carbonyl (C=O) groups is 1. The van der Waals surface area contributed by atoms with Gasteiger partial charge in [-0.3, -0.25) is 4.79 Å². The number of hydrogen-bond donors (Lipinski definition) is 2. The molecule has 1 amide bonds. The van der Waals surface area contributed by atoms with Crippen molar-refractivity contribution in [3.63, 3.8) is 0 Å². The first-order chi connectivity index (χ1) is 8.36. The third kappa shape index (κ3) is 3.19. The Bertz CT molecular complexity index is 439. The van der Waals surface area contributed by atoms with Crippen LogP contribution in [0.5, 0.6) is 0 Å². The Morgan fingerprint density at radius 1 is 1.28 bits per heavy atom. The SMILES string of the molecule is CCC(N)CC(=O)Nc1c(F)c(F)cc(F)c1F. The van der Waals surface area contributed by atoms with Crippen LogP contribution in [0.2, 0.25) is 0 Å². The molecule has 0 spiro atoms. The van der Waals surface area contributed by atoms with Crippen molar-refractivity contribution < 1.29 is 22.4 Å². The highest BCUT2D eigenvalue weighted by Crippen LogP contribution is 2.24. The summed E-state index contributed by atoms with van der Waals surface area (Å²) in [5.74, 6) is -7.26. The van der Waals surface area contributed by atoms with Crippen molar-refractivity contribution in [2.45, 2.75) is 25.8 Å². The number of amides is 1. The van der Waals surface area contributed by atoms with Gasteiger partial charge in [0, 0.05) is 18.5 Å². The summed E-state index contributed by atoms with van der Waals surface area (Å²) in [5, 5.41) is 1.78. The van der Waals surface area contributed by atoms with Gasteiger partial charge in [-0.1, -0.05) is 6.92 Å². The standard InChI is InChI=1S/C11H12F4N2O/c1-2-5(16)3-8(18)17-11-9(14)6(12)4-7(13)10(11)15/h4-5H,2-3,16H2,1H3,(H,17,18). The van der Waals surface area contributed by atoms with Gasteiger partial charge in [-0.15, -0.1) is 0 Å². The quantitative estimate of drug-likeness (QED) is 0.647. The van der Waals surface area contributed by atoms with Gasteiger partial charge in [0.05, 0.1) is 0 Å². The van der Waals surface area contributed by atoms with E-state index in [4.69, 9.17) is 5.73 Å². The van der Waals surface area contributed by atoms with E-state index >= 15 is 0 Å². The van der Waals surface area contributed by atoms with Crippen LogP contribution in [0, 0.1) is 23.3 Å². The second kappa shape index (κ2) is 5.81. The Kier molecular flexibility index (Phi) is 4.66. The first-order valence-corrected chi connectivity index (χ1v) is 5.25. The van der Waals surface area contributed by atoms with Crippen molar-refractivity contribution in [1.29, 1.82) is 0 Å². The molecule has 100 valence electrons. The monoisotopic (exact) mass is 264 g/mol. The summed E-state index contributed by atoms with van der Waals surface area (Å²) >= 11 is 0. The summed E-state index contributed by atoms with van der Waals surface area (Å²) in [7, 11) is 0. The molecule has 0 saturated heterocycles. The van der Waals surface area contributed by atoms with Crippen molar-refractivity contribution >= 4 is 11.6 Å².